The minimum atomic E-state index is -0.678. The van der Waals surface area contributed by atoms with Crippen molar-refractivity contribution in [3.05, 3.63) is 0 Å². The highest BCUT2D eigenvalue weighted by Gasteiger charge is 2.37. The fourth-order valence-electron chi connectivity index (χ4n) is 1.84. The fourth-order valence-corrected chi connectivity index (χ4v) is 1.84. The molecule has 14 heavy (non-hydrogen) atoms. The Bertz CT molecular complexity index is 196. The van der Waals surface area contributed by atoms with E-state index >= 15 is 0 Å². The number of hydrogen-bond donors (Lipinski definition) is 3. The first kappa shape index (κ1) is 11.5. The summed E-state index contributed by atoms with van der Waals surface area (Å²) >= 11 is 0. The lowest BCUT2D eigenvalue weighted by Gasteiger charge is -2.25. The predicted molar refractivity (Wildman–Crippen MR) is 54.7 cm³/mol. The van der Waals surface area contributed by atoms with Crippen LogP contribution in [0.25, 0.3) is 0 Å². The van der Waals surface area contributed by atoms with Crippen LogP contribution < -0.4 is 11.1 Å². The minimum Gasteiger partial charge on any atom is -0.394 e. The third-order valence-electron chi connectivity index (χ3n) is 3.00. The van der Waals surface area contributed by atoms with Crippen molar-refractivity contribution in [3.63, 3.8) is 0 Å². The highest BCUT2D eigenvalue weighted by molar-refractivity contribution is 5.86. The van der Waals surface area contributed by atoms with Gasteiger partial charge in [-0.15, -0.1) is 0 Å². The molecule has 0 aliphatic heterocycles. The van der Waals surface area contributed by atoms with Crippen LogP contribution in [0.2, 0.25) is 0 Å². The van der Waals surface area contributed by atoms with Gasteiger partial charge in [0.15, 0.2) is 0 Å². The zero-order chi connectivity index (χ0) is 10.6. The lowest BCUT2D eigenvalue weighted by molar-refractivity contribution is -0.127. The molecule has 1 fully saturated rings. The van der Waals surface area contributed by atoms with Gasteiger partial charge in [0.25, 0.3) is 0 Å². The lowest BCUT2D eigenvalue weighted by Crippen LogP contribution is -2.55. The summed E-state index contributed by atoms with van der Waals surface area (Å²) in [7, 11) is 0. The molecule has 0 aromatic heterocycles. The van der Waals surface area contributed by atoms with E-state index in [2.05, 4.69) is 5.32 Å². The van der Waals surface area contributed by atoms with E-state index in [1.54, 1.807) is 0 Å². The van der Waals surface area contributed by atoms with Gasteiger partial charge in [-0.25, -0.2) is 0 Å². The van der Waals surface area contributed by atoms with Gasteiger partial charge in [0.05, 0.1) is 18.2 Å². The maximum absolute atomic E-state index is 11.7. The highest BCUT2D eigenvalue weighted by Crippen LogP contribution is 2.27. The Morgan fingerprint density at radius 2 is 2.14 bits per heavy atom. The summed E-state index contributed by atoms with van der Waals surface area (Å²) in [5.74, 6) is -0.101. The van der Waals surface area contributed by atoms with Gasteiger partial charge >= 0.3 is 0 Å². The first-order valence-corrected chi connectivity index (χ1v) is 5.33. The Morgan fingerprint density at radius 1 is 1.57 bits per heavy atom. The monoisotopic (exact) mass is 200 g/mol. The molecular formula is C10H20N2O2. The van der Waals surface area contributed by atoms with Gasteiger partial charge in [-0.05, 0) is 19.3 Å². The number of aliphatic hydroxyl groups excluding tert-OH is 1. The second-order valence-corrected chi connectivity index (χ2v) is 4.12. The average molecular weight is 200 g/mol. The van der Waals surface area contributed by atoms with Gasteiger partial charge in [-0.2, -0.15) is 0 Å². The summed E-state index contributed by atoms with van der Waals surface area (Å²) in [6.45, 7) is 1.91. The molecule has 1 atom stereocenters. The topological polar surface area (TPSA) is 75.3 Å². The average Bonchev–Trinajstić information content (AvgIpc) is 2.62. The molecule has 82 valence electrons. The summed E-state index contributed by atoms with van der Waals surface area (Å²) in [5, 5.41) is 11.7. The fraction of sp³-hybridized carbons (Fsp3) is 0.900. The lowest BCUT2D eigenvalue weighted by atomic mass is 9.97. The molecule has 0 unspecified atom stereocenters. The molecule has 0 radical (unpaired) electrons. The first-order valence-electron chi connectivity index (χ1n) is 5.33. The Kier molecular flexibility index (Phi) is 3.89. The van der Waals surface area contributed by atoms with Crippen LogP contribution in [0.4, 0.5) is 0 Å². The number of nitrogens with one attached hydrogen (secondary N) is 1. The van der Waals surface area contributed by atoms with Crippen molar-refractivity contribution in [2.45, 2.75) is 50.6 Å². The molecule has 1 amide bonds. The molecule has 4 nitrogen and oxygen atoms in total. The first-order chi connectivity index (χ1) is 6.62. The van der Waals surface area contributed by atoms with E-state index in [-0.39, 0.29) is 18.6 Å². The van der Waals surface area contributed by atoms with E-state index in [0.29, 0.717) is 0 Å². The predicted octanol–water partition coefficient (Wildman–Crippen LogP) is 0.145. The SMILES string of the molecule is CC[C@@H](CO)NC(=O)C1(N)CCCC1. The van der Waals surface area contributed by atoms with E-state index in [9.17, 15) is 4.79 Å². The standard InChI is InChI=1S/C10H20N2O2/c1-2-8(7-13)12-9(14)10(11)5-3-4-6-10/h8,13H,2-7,11H2,1H3,(H,12,14)/t8-/m0/s1. The van der Waals surface area contributed by atoms with E-state index in [4.69, 9.17) is 10.8 Å². The number of hydrogen-bond acceptors (Lipinski definition) is 3. The van der Waals surface area contributed by atoms with Crippen molar-refractivity contribution in [3.8, 4) is 0 Å². The number of amides is 1. The Hall–Kier alpha value is -0.610. The van der Waals surface area contributed by atoms with Crippen molar-refractivity contribution >= 4 is 5.91 Å². The number of carbonyl (C=O) groups is 1. The summed E-state index contributed by atoms with van der Waals surface area (Å²) in [6.07, 6.45) is 4.32. The van der Waals surface area contributed by atoms with Crippen LogP contribution in [0.3, 0.4) is 0 Å². The molecule has 1 aliphatic rings. The molecule has 0 bridgehead atoms. The molecular weight excluding hydrogens is 180 g/mol. The summed E-state index contributed by atoms with van der Waals surface area (Å²) in [5.41, 5.74) is 5.29. The van der Waals surface area contributed by atoms with Crippen molar-refractivity contribution in [2.75, 3.05) is 6.61 Å². The second kappa shape index (κ2) is 4.75. The van der Waals surface area contributed by atoms with Crippen LogP contribution in [-0.2, 0) is 4.79 Å². The number of carbonyl (C=O) groups excluding carboxylic acids is 1. The molecule has 0 heterocycles. The maximum atomic E-state index is 11.7. The Morgan fingerprint density at radius 3 is 2.57 bits per heavy atom. The number of nitrogens with two attached hydrogens (primary N) is 1. The molecule has 4 N–H and O–H groups in total. The molecule has 1 saturated carbocycles. The van der Waals surface area contributed by atoms with Crippen LogP contribution in [0.1, 0.15) is 39.0 Å². The van der Waals surface area contributed by atoms with E-state index in [1.165, 1.54) is 0 Å². The van der Waals surface area contributed by atoms with Crippen molar-refractivity contribution in [2.24, 2.45) is 5.73 Å². The molecule has 1 aliphatic carbocycles. The molecule has 4 heteroatoms. The van der Waals surface area contributed by atoms with Crippen LogP contribution in [0.5, 0.6) is 0 Å². The summed E-state index contributed by atoms with van der Waals surface area (Å²) in [4.78, 5) is 11.7. The summed E-state index contributed by atoms with van der Waals surface area (Å²) in [6, 6.07) is -0.150. The van der Waals surface area contributed by atoms with Gasteiger partial charge in [-0.3, -0.25) is 4.79 Å². The normalized spacial score (nSPS) is 21.9. The van der Waals surface area contributed by atoms with E-state index < -0.39 is 5.54 Å². The molecule has 0 aromatic rings. The highest BCUT2D eigenvalue weighted by atomic mass is 16.3. The van der Waals surface area contributed by atoms with Crippen molar-refractivity contribution < 1.29 is 9.90 Å². The molecule has 1 rings (SSSR count). The van der Waals surface area contributed by atoms with Gasteiger partial charge < -0.3 is 16.2 Å². The zero-order valence-electron chi connectivity index (χ0n) is 8.75. The quantitative estimate of drug-likeness (QED) is 0.604. The number of aliphatic hydroxyl groups is 1. The van der Waals surface area contributed by atoms with Gasteiger partial charge in [-0.1, -0.05) is 19.8 Å². The van der Waals surface area contributed by atoms with Crippen molar-refractivity contribution in [1.29, 1.82) is 0 Å². The Balaban J connectivity index is 2.48. The van der Waals surface area contributed by atoms with Crippen LogP contribution in [0.15, 0.2) is 0 Å². The number of rotatable bonds is 4. The molecule has 0 spiro atoms. The maximum Gasteiger partial charge on any atom is 0.240 e. The van der Waals surface area contributed by atoms with Gasteiger partial charge in [0.2, 0.25) is 5.91 Å². The van der Waals surface area contributed by atoms with Gasteiger partial charge in [0.1, 0.15) is 0 Å². The zero-order valence-corrected chi connectivity index (χ0v) is 8.75. The van der Waals surface area contributed by atoms with Crippen LogP contribution >= 0.6 is 0 Å². The van der Waals surface area contributed by atoms with E-state index in [1.807, 2.05) is 6.92 Å². The van der Waals surface area contributed by atoms with Crippen LogP contribution in [0, 0.1) is 0 Å². The summed E-state index contributed by atoms with van der Waals surface area (Å²) < 4.78 is 0. The molecule has 0 saturated heterocycles. The Labute approximate surface area is 84.9 Å². The van der Waals surface area contributed by atoms with Crippen molar-refractivity contribution in [1.82, 2.24) is 5.32 Å². The minimum absolute atomic E-state index is 0.0156. The van der Waals surface area contributed by atoms with E-state index in [0.717, 1.165) is 32.1 Å². The smallest absolute Gasteiger partial charge is 0.240 e. The second-order valence-electron chi connectivity index (χ2n) is 4.12. The van der Waals surface area contributed by atoms with Crippen LogP contribution in [-0.4, -0.2) is 29.2 Å². The largest absolute Gasteiger partial charge is 0.394 e. The third kappa shape index (κ3) is 2.45. The van der Waals surface area contributed by atoms with Gasteiger partial charge in [0, 0.05) is 0 Å². The third-order valence-corrected chi connectivity index (χ3v) is 3.00. The molecule has 0 aromatic carbocycles.